The molecule has 1 amide bonds. The van der Waals surface area contributed by atoms with Crippen LogP contribution in [0, 0.1) is 4.77 Å². The number of rotatable bonds is 2. The van der Waals surface area contributed by atoms with Gasteiger partial charge in [0.2, 0.25) is 0 Å². The Morgan fingerprint density at radius 3 is 2.52 bits per heavy atom. The summed E-state index contributed by atoms with van der Waals surface area (Å²) in [6, 6.07) is 11.5. The lowest BCUT2D eigenvalue weighted by atomic mass is 10.0. The fraction of sp³-hybridized carbons (Fsp3) is 0.133. The van der Waals surface area contributed by atoms with Crippen molar-refractivity contribution >= 4 is 28.9 Å². The largest absolute Gasteiger partial charge is 0.345 e. The second kappa shape index (κ2) is 5.14. The number of hydrogen-bond acceptors (Lipinski definition) is 3. The average molecular weight is 298 g/mol. The number of aromatic amines is 1. The van der Waals surface area contributed by atoms with Crippen LogP contribution in [0.3, 0.4) is 0 Å². The summed E-state index contributed by atoms with van der Waals surface area (Å²) < 4.78 is 2.31. The number of nitrogens with one attached hydrogen (secondary N) is 1. The van der Waals surface area contributed by atoms with Crippen molar-refractivity contribution in [3.63, 3.8) is 0 Å². The summed E-state index contributed by atoms with van der Waals surface area (Å²) in [4.78, 5) is 13.9. The van der Waals surface area contributed by atoms with Gasteiger partial charge in [-0.05, 0) is 29.7 Å². The summed E-state index contributed by atoms with van der Waals surface area (Å²) >= 11 is 5.23. The molecule has 3 aromatic rings. The third-order valence-corrected chi connectivity index (χ3v) is 3.64. The molecule has 106 valence electrons. The molecule has 0 spiro atoms. The minimum Gasteiger partial charge on any atom is -0.345 e. The fourth-order valence-corrected chi connectivity index (χ4v) is 2.54. The highest BCUT2D eigenvalue weighted by molar-refractivity contribution is 7.71. The van der Waals surface area contributed by atoms with E-state index < -0.39 is 0 Å². The van der Waals surface area contributed by atoms with Crippen LogP contribution >= 0.6 is 12.2 Å². The van der Waals surface area contributed by atoms with Gasteiger partial charge in [-0.3, -0.25) is 14.5 Å². The first kappa shape index (κ1) is 13.5. The standard InChI is InChI=1S/C15H14N4OS/c1-18(2)14(20)12-7-8-13(19-9-16-17-15(19)21)11-6-4-3-5-10(11)12/h3-9H,1-2H3,(H,17,21). The molecule has 0 saturated heterocycles. The van der Waals surface area contributed by atoms with Gasteiger partial charge in [-0.2, -0.15) is 5.10 Å². The Balaban J connectivity index is 2.32. The molecule has 3 rings (SSSR count). The maximum atomic E-state index is 12.3. The maximum Gasteiger partial charge on any atom is 0.253 e. The third kappa shape index (κ3) is 2.23. The minimum absolute atomic E-state index is 0.0199. The van der Waals surface area contributed by atoms with E-state index in [4.69, 9.17) is 12.2 Å². The molecule has 5 nitrogen and oxygen atoms in total. The second-order valence-corrected chi connectivity index (χ2v) is 5.30. The predicted octanol–water partition coefficient (Wildman–Crippen LogP) is 2.78. The SMILES string of the molecule is CN(C)C(=O)c1ccc(-n2cn[nH]c2=S)c2ccccc12. The molecular weight excluding hydrogens is 284 g/mol. The number of fused-ring (bicyclic) bond motifs is 1. The van der Waals surface area contributed by atoms with Crippen LogP contribution < -0.4 is 0 Å². The van der Waals surface area contributed by atoms with Gasteiger partial charge in [0, 0.05) is 25.0 Å². The van der Waals surface area contributed by atoms with Gasteiger partial charge in [-0.1, -0.05) is 24.3 Å². The lowest BCUT2D eigenvalue weighted by molar-refractivity contribution is 0.0829. The lowest BCUT2D eigenvalue weighted by Gasteiger charge is -2.14. The molecule has 1 aromatic heterocycles. The quantitative estimate of drug-likeness (QED) is 0.740. The smallest absolute Gasteiger partial charge is 0.253 e. The van der Waals surface area contributed by atoms with Crippen molar-refractivity contribution in [2.45, 2.75) is 0 Å². The van der Waals surface area contributed by atoms with E-state index in [-0.39, 0.29) is 5.91 Å². The Labute approximate surface area is 126 Å². The molecule has 1 N–H and O–H groups in total. The normalized spacial score (nSPS) is 10.8. The summed E-state index contributed by atoms with van der Waals surface area (Å²) in [5.41, 5.74) is 1.58. The molecule has 0 saturated carbocycles. The van der Waals surface area contributed by atoms with Gasteiger partial charge in [-0.25, -0.2) is 0 Å². The molecule has 1 heterocycles. The van der Waals surface area contributed by atoms with Crippen LogP contribution in [0.15, 0.2) is 42.7 Å². The van der Waals surface area contributed by atoms with Crippen LogP contribution in [0.25, 0.3) is 16.5 Å². The number of H-pyrrole nitrogens is 1. The van der Waals surface area contributed by atoms with E-state index in [1.54, 1.807) is 29.9 Å². The molecule has 0 unspecified atom stereocenters. The van der Waals surface area contributed by atoms with Gasteiger partial charge in [0.15, 0.2) is 4.77 Å². The Morgan fingerprint density at radius 2 is 1.90 bits per heavy atom. The van der Waals surface area contributed by atoms with E-state index in [1.807, 2.05) is 36.4 Å². The molecular formula is C15H14N4OS. The van der Waals surface area contributed by atoms with Crippen LogP contribution in [-0.2, 0) is 0 Å². The number of aromatic nitrogens is 3. The zero-order chi connectivity index (χ0) is 15.0. The molecule has 2 aromatic carbocycles. The van der Waals surface area contributed by atoms with Gasteiger partial charge in [0.05, 0.1) is 5.69 Å². The van der Waals surface area contributed by atoms with Crippen LogP contribution in [0.2, 0.25) is 0 Å². The number of carbonyl (C=O) groups excluding carboxylic acids is 1. The van der Waals surface area contributed by atoms with Crippen molar-refractivity contribution in [1.82, 2.24) is 19.7 Å². The Morgan fingerprint density at radius 1 is 1.19 bits per heavy atom. The van der Waals surface area contributed by atoms with Crippen LogP contribution in [0.4, 0.5) is 0 Å². The van der Waals surface area contributed by atoms with Gasteiger partial charge in [0.25, 0.3) is 5.91 Å². The van der Waals surface area contributed by atoms with Crippen molar-refractivity contribution in [3.05, 3.63) is 53.1 Å². The molecule has 0 bridgehead atoms. The summed E-state index contributed by atoms with van der Waals surface area (Å²) in [5.74, 6) is -0.0199. The molecule has 0 aliphatic carbocycles. The van der Waals surface area contributed by atoms with Gasteiger partial charge >= 0.3 is 0 Å². The van der Waals surface area contributed by atoms with E-state index in [0.29, 0.717) is 10.3 Å². The average Bonchev–Trinajstić information content (AvgIpc) is 2.91. The molecule has 0 atom stereocenters. The van der Waals surface area contributed by atoms with E-state index in [9.17, 15) is 4.79 Å². The number of carbonyl (C=O) groups is 1. The molecule has 0 fully saturated rings. The first-order chi connectivity index (χ1) is 10.1. The highest BCUT2D eigenvalue weighted by atomic mass is 32.1. The monoisotopic (exact) mass is 298 g/mol. The zero-order valence-electron chi connectivity index (χ0n) is 11.7. The summed E-state index contributed by atoms with van der Waals surface area (Å²) in [6.45, 7) is 0. The zero-order valence-corrected chi connectivity index (χ0v) is 12.5. The predicted molar refractivity (Wildman–Crippen MR) is 84.3 cm³/mol. The van der Waals surface area contributed by atoms with Crippen LogP contribution in [-0.4, -0.2) is 39.7 Å². The number of nitrogens with zero attached hydrogens (tertiary/aromatic N) is 3. The molecule has 0 aliphatic heterocycles. The van der Waals surface area contributed by atoms with Crippen molar-refractivity contribution in [1.29, 1.82) is 0 Å². The van der Waals surface area contributed by atoms with Gasteiger partial charge in [0.1, 0.15) is 6.33 Å². The van der Waals surface area contributed by atoms with E-state index in [2.05, 4.69) is 10.2 Å². The van der Waals surface area contributed by atoms with E-state index >= 15 is 0 Å². The Kier molecular flexibility index (Phi) is 3.31. The molecule has 0 aliphatic rings. The highest BCUT2D eigenvalue weighted by Crippen LogP contribution is 2.26. The third-order valence-electron chi connectivity index (χ3n) is 3.35. The minimum atomic E-state index is -0.0199. The topological polar surface area (TPSA) is 53.9 Å². The summed E-state index contributed by atoms with van der Waals surface area (Å²) in [7, 11) is 3.49. The summed E-state index contributed by atoms with van der Waals surface area (Å²) in [6.07, 6.45) is 1.64. The van der Waals surface area contributed by atoms with Crippen molar-refractivity contribution < 1.29 is 4.79 Å². The van der Waals surface area contributed by atoms with E-state index in [0.717, 1.165) is 16.5 Å². The van der Waals surface area contributed by atoms with Gasteiger partial charge < -0.3 is 4.90 Å². The number of hydrogen-bond donors (Lipinski definition) is 1. The highest BCUT2D eigenvalue weighted by Gasteiger charge is 2.14. The second-order valence-electron chi connectivity index (χ2n) is 4.91. The van der Waals surface area contributed by atoms with Crippen molar-refractivity contribution in [2.24, 2.45) is 0 Å². The number of amides is 1. The molecule has 21 heavy (non-hydrogen) atoms. The van der Waals surface area contributed by atoms with Crippen LogP contribution in [0.1, 0.15) is 10.4 Å². The van der Waals surface area contributed by atoms with E-state index in [1.165, 1.54) is 0 Å². The molecule has 6 heteroatoms. The Bertz CT molecular complexity index is 879. The maximum absolute atomic E-state index is 12.3. The van der Waals surface area contributed by atoms with Crippen molar-refractivity contribution in [3.8, 4) is 5.69 Å². The Hall–Kier alpha value is -2.47. The van der Waals surface area contributed by atoms with Crippen LogP contribution in [0.5, 0.6) is 0 Å². The lowest BCUT2D eigenvalue weighted by Crippen LogP contribution is -2.22. The first-order valence-electron chi connectivity index (χ1n) is 6.45. The first-order valence-corrected chi connectivity index (χ1v) is 6.86. The summed E-state index contributed by atoms with van der Waals surface area (Å²) in [5, 5.41) is 8.55. The van der Waals surface area contributed by atoms with Gasteiger partial charge in [-0.15, -0.1) is 0 Å². The van der Waals surface area contributed by atoms with Crippen molar-refractivity contribution in [2.75, 3.05) is 14.1 Å². The molecule has 0 radical (unpaired) electrons. The fourth-order valence-electron chi connectivity index (χ4n) is 2.34. The number of benzene rings is 2.